The fraction of sp³-hybridized carbons (Fsp3) is 0.417. The molecule has 5 heteroatoms. The number of para-hydroxylation sites is 1. The lowest BCUT2D eigenvalue weighted by Gasteiger charge is -2.10. The lowest BCUT2D eigenvalue weighted by Crippen LogP contribution is -2.18. The molecule has 2 rings (SSSR count). The van der Waals surface area contributed by atoms with E-state index in [9.17, 15) is 9.90 Å². The van der Waals surface area contributed by atoms with Crippen LogP contribution in [-0.2, 0) is 4.79 Å². The Morgan fingerprint density at radius 3 is 3.12 bits per heavy atom. The Balaban J connectivity index is 1.95. The predicted octanol–water partition coefficient (Wildman–Crippen LogP) is 2.09. The number of carbonyl (C=O) groups excluding carboxylic acids is 1. The molecule has 0 spiro atoms. The number of amides is 1. The third kappa shape index (κ3) is 3.20. The lowest BCUT2D eigenvalue weighted by atomic mass is 10.0. The first-order valence-electron chi connectivity index (χ1n) is 5.65. The minimum Gasteiger partial charge on any atom is -0.505 e. The average molecular weight is 299 g/mol. The lowest BCUT2D eigenvalue weighted by molar-refractivity contribution is -0.117. The van der Waals surface area contributed by atoms with Crippen LogP contribution in [0, 0.1) is 5.92 Å². The van der Waals surface area contributed by atoms with Crippen LogP contribution in [0.1, 0.15) is 12.8 Å². The van der Waals surface area contributed by atoms with Crippen LogP contribution < -0.4 is 10.6 Å². The number of hydrogen-bond donors (Lipinski definition) is 3. The number of halogens is 1. The molecule has 1 amide bonds. The van der Waals surface area contributed by atoms with Crippen molar-refractivity contribution >= 4 is 27.5 Å². The molecule has 0 bridgehead atoms. The van der Waals surface area contributed by atoms with E-state index in [1.54, 1.807) is 18.2 Å². The van der Waals surface area contributed by atoms with E-state index in [0.29, 0.717) is 22.5 Å². The van der Waals surface area contributed by atoms with Gasteiger partial charge in [-0.15, -0.1) is 0 Å². The van der Waals surface area contributed by atoms with E-state index >= 15 is 0 Å². The summed E-state index contributed by atoms with van der Waals surface area (Å²) in [6.45, 7) is 1.89. The minimum atomic E-state index is -0.0490. The zero-order chi connectivity index (χ0) is 12.3. The summed E-state index contributed by atoms with van der Waals surface area (Å²) >= 11 is 3.21. The van der Waals surface area contributed by atoms with Crippen LogP contribution in [0.5, 0.6) is 5.75 Å². The van der Waals surface area contributed by atoms with Crippen molar-refractivity contribution in [2.24, 2.45) is 5.92 Å². The first-order chi connectivity index (χ1) is 8.16. The molecule has 3 N–H and O–H groups in total. The first-order valence-corrected chi connectivity index (χ1v) is 6.44. The monoisotopic (exact) mass is 298 g/mol. The highest BCUT2D eigenvalue weighted by atomic mass is 79.9. The molecule has 0 radical (unpaired) electrons. The molecular formula is C12H15BrN2O2. The van der Waals surface area contributed by atoms with Gasteiger partial charge in [-0.1, -0.05) is 6.07 Å². The van der Waals surface area contributed by atoms with Crippen molar-refractivity contribution in [3.63, 3.8) is 0 Å². The fourth-order valence-electron chi connectivity index (χ4n) is 1.97. The Labute approximate surface area is 109 Å². The van der Waals surface area contributed by atoms with Gasteiger partial charge in [-0.25, -0.2) is 0 Å². The van der Waals surface area contributed by atoms with E-state index in [-0.39, 0.29) is 11.7 Å². The Bertz CT molecular complexity index is 417. The molecule has 1 atom stereocenters. The number of carbonyl (C=O) groups is 1. The number of phenols is 1. The Morgan fingerprint density at radius 1 is 1.59 bits per heavy atom. The summed E-state index contributed by atoms with van der Waals surface area (Å²) in [5.41, 5.74) is 0.454. The summed E-state index contributed by atoms with van der Waals surface area (Å²) in [7, 11) is 0. The second-order valence-corrected chi connectivity index (χ2v) is 5.10. The summed E-state index contributed by atoms with van der Waals surface area (Å²) in [6, 6.07) is 5.19. The van der Waals surface area contributed by atoms with Crippen molar-refractivity contribution in [3.8, 4) is 5.75 Å². The van der Waals surface area contributed by atoms with Gasteiger partial charge < -0.3 is 15.7 Å². The second-order valence-electron chi connectivity index (χ2n) is 4.25. The fourth-order valence-corrected chi connectivity index (χ4v) is 2.33. The summed E-state index contributed by atoms with van der Waals surface area (Å²) in [5.74, 6) is 0.432. The highest BCUT2D eigenvalue weighted by Crippen LogP contribution is 2.31. The molecule has 1 fully saturated rings. The molecule has 1 aromatic carbocycles. The topological polar surface area (TPSA) is 61.4 Å². The summed E-state index contributed by atoms with van der Waals surface area (Å²) in [4.78, 5) is 11.8. The Morgan fingerprint density at radius 2 is 2.41 bits per heavy atom. The van der Waals surface area contributed by atoms with E-state index in [1.807, 2.05) is 0 Å². The first kappa shape index (κ1) is 12.4. The molecule has 1 heterocycles. The number of rotatable bonds is 3. The summed E-state index contributed by atoms with van der Waals surface area (Å²) in [5, 5.41) is 15.7. The zero-order valence-corrected chi connectivity index (χ0v) is 11.0. The molecular weight excluding hydrogens is 284 g/mol. The van der Waals surface area contributed by atoms with Crippen LogP contribution in [0.3, 0.4) is 0 Å². The van der Waals surface area contributed by atoms with E-state index < -0.39 is 0 Å². The normalized spacial score (nSPS) is 19.2. The molecule has 92 valence electrons. The Kier molecular flexibility index (Phi) is 4.02. The summed E-state index contributed by atoms with van der Waals surface area (Å²) < 4.78 is 0.581. The predicted molar refractivity (Wildman–Crippen MR) is 70.0 cm³/mol. The van der Waals surface area contributed by atoms with Gasteiger partial charge in [-0.2, -0.15) is 0 Å². The molecule has 1 aromatic rings. The van der Waals surface area contributed by atoms with Crippen LogP contribution in [0.15, 0.2) is 22.7 Å². The molecule has 4 nitrogen and oxygen atoms in total. The van der Waals surface area contributed by atoms with Crippen molar-refractivity contribution in [2.75, 3.05) is 18.4 Å². The maximum Gasteiger partial charge on any atom is 0.224 e. The van der Waals surface area contributed by atoms with Gasteiger partial charge in [0.05, 0.1) is 10.2 Å². The van der Waals surface area contributed by atoms with Crippen LogP contribution in [0.4, 0.5) is 5.69 Å². The van der Waals surface area contributed by atoms with Crippen LogP contribution in [0.25, 0.3) is 0 Å². The van der Waals surface area contributed by atoms with Crippen LogP contribution >= 0.6 is 15.9 Å². The largest absolute Gasteiger partial charge is 0.505 e. The van der Waals surface area contributed by atoms with E-state index in [0.717, 1.165) is 19.5 Å². The van der Waals surface area contributed by atoms with E-state index in [2.05, 4.69) is 26.6 Å². The van der Waals surface area contributed by atoms with Crippen molar-refractivity contribution in [2.45, 2.75) is 12.8 Å². The number of nitrogens with one attached hydrogen (secondary N) is 2. The van der Waals surface area contributed by atoms with Crippen molar-refractivity contribution in [1.29, 1.82) is 0 Å². The molecule has 1 unspecified atom stereocenters. The standard InChI is InChI=1S/C12H15BrN2O2/c13-9-2-1-3-10(12(9)17)15-11(16)6-8-4-5-14-7-8/h1-3,8,14,17H,4-7H2,(H,15,16). The van der Waals surface area contributed by atoms with Crippen LogP contribution in [-0.4, -0.2) is 24.1 Å². The maximum absolute atomic E-state index is 11.8. The minimum absolute atomic E-state index is 0.0490. The molecule has 1 aliphatic heterocycles. The molecule has 1 saturated heterocycles. The van der Waals surface area contributed by atoms with Crippen molar-refractivity contribution < 1.29 is 9.90 Å². The van der Waals surface area contributed by atoms with E-state index in [1.165, 1.54) is 0 Å². The third-order valence-corrected chi connectivity index (χ3v) is 3.54. The smallest absolute Gasteiger partial charge is 0.224 e. The van der Waals surface area contributed by atoms with Crippen molar-refractivity contribution in [1.82, 2.24) is 5.32 Å². The molecule has 0 saturated carbocycles. The molecule has 0 aliphatic carbocycles. The highest BCUT2D eigenvalue weighted by molar-refractivity contribution is 9.10. The van der Waals surface area contributed by atoms with Gasteiger partial charge in [0, 0.05) is 6.42 Å². The molecule has 1 aliphatic rings. The van der Waals surface area contributed by atoms with Gasteiger partial charge in [-0.3, -0.25) is 4.79 Å². The number of phenolic OH excluding ortho intramolecular Hbond substituents is 1. The Hall–Kier alpha value is -1.07. The van der Waals surface area contributed by atoms with Crippen LogP contribution in [0.2, 0.25) is 0 Å². The SMILES string of the molecule is O=C(CC1CCNC1)Nc1cccc(Br)c1O. The number of benzene rings is 1. The van der Waals surface area contributed by atoms with Gasteiger partial charge in [0.1, 0.15) is 0 Å². The van der Waals surface area contributed by atoms with E-state index in [4.69, 9.17) is 0 Å². The van der Waals surface area contributed by atoms with Gasteiger partial charge in [0.15, 0.2) is 5.75 Å². The average Bonchev–Trinajstić information content (AvgIpc) is 2.77. The van der Waals surface area contributed by atoms with Crippen molar-refractivity contribution in [3.05, 3.63) is 22.7 Å². The third-order valence-electron chi connectivity index (χ3n) is 2.90. The quantitative estimate of drug-likeness (QED) is 0.749. The second kappa shape index (κ2) is 5.51. The highest BCUT2D eigenvalue weighted by Gasteiger charge is 2.18. The van der Waals surface area contributed by atoms with Gasteiger partial charge in [0.2, 0.25) is 5.91 Å². The van der Waals surface area contributed by atoms with Gasteiger partial charge >= 0.3 is 0 Å². The molecule has 17 heavy (non-hydrogen) atoms. The maximum atomic E-state index is 11.8. The zero-order valence-electron chi connectivity index (χ0n) is 9.37. The van der Waals surface area contributed by atoms with Gasteiger partial charge in [0.25, 0.3) is 0 Å². The molecule has 0 aromatic heterocycles. The van der Waals surface area contributed by atoms with Gasteiger partial charge in [-0.05, 0) is 53.5 Å². The number of aromatic hydroxyl groups is 1. The summed E-state index contributed by atoms with van der Waals surface area (Å²) in [6.07, 6.45) is 1.54. The number of hydrogen-bond acceptors (Lipinski definition) is 3. The number of anilines is 1.